The number of rotatable bonds is 4. The molecule has 0 radical (unpaired) electrons. The number of aromatic nitrogens is 3. The maximum atomic E-state index is 12.5. The van der Waals surface area contributed by atoms with E-state index in [-0.39, 0.29) is 17.5 Å². The first kappa shape index (κ1) is 18.6. The molecular formula is C19H22N4O4. The summed E-state index contributed by atoms with van der Waals surface area (Å²) in [5.74, 6) is 1.02. The fourth-order valence-electron chi connectivity index (χ4n) is 2.75. The van der Waals surface area contributed by atoms with Gasteiger partial charge in [0.05, 0.1) is 5.39 Å². The van der Waals surface area contributed by atoms with E-state index in [1.807, 2.05) is 19.9 Å². The van der Waals surface area contributed by atoms with E-state index in [1.54, 1.807) is 38.6 Å². The normalized spacial score (nSPS) is 12.2. The molecule has 142 valence electrons. The van der Waals surface area contributed by atoms with E-state index in [0.717, 1.165) is 11.1 Å². The van der Waals surface area contributed by atoms with Gasteiger partial charge in [-0.15, -0.1) is 5.10 Å². The first-order valence-electron chi connectivity index (χ1n) is 8.57. The monoisotopic (exact) mass is 370 g/mol. The van der Waals surface area contributed by atoms with Crippen molar-refractivity contribution in [2.75, 3.05) is 5.32 Å². The molecule has 0 aliphatic heterocycles. The second-order valence-electron chi connectivity index (χ2n) is 6.63. The fourth-order valence-corrected chi connectivity index (χ4v) is 2.75. The molecule has 1 unspecified atom stereocenters. The zero-order valence-corrected chi connectivity index (χ0v) is 16.2. The lowest BCUT2D eigenvalue weighted by molar-refractivity contribution is -0.122. The van der Waals surface area contributed by atoms with Crippen molar-refractivity contribution in [3.63, 3.8) is 0 Å². The number of amides is 1. The van der Waals surface area contributed by atoms with Crippen molar-refractivity contribution in [2.45, 2.75) is 40.7 Å². The van der Waals surface area contributed by atoms with Crippen LogP contribution in [0.15, 0.2) is 21.3 Å². The molecule has 3 aromatic rings. The molecule has 0 bridgehead atoms. The molecule has 27 heavy (non-hydrogen) atoms. The lowest BCUT2D eigenvalue weighted by Crippen LogP contribution is -2.30. The Bertz CT molecular complexity index is 1080. The molecule has 0 fully saturated rings. The Morgan fingerprint density at radius 2 is 1.93 bits per heavy atom. The summed E-state index contributed by atoms with van der Waals surface area (Å²) in [7, 11) is 1.75. The highest BCUT2D eigenvalue weighted by Gasteiger charge is 2.20. The van der Waals surface area contributed by atoms with Gasteiger partial charge in [-0.1, -0.05) is 0 Å². The topological polar surface area (TPSA) is 99.2 Å². The molecule has 8 heteroatoms. The molecule has 0 aliphatic carbocycles. The molecule has 2 aromatic heterocycles. The number of nitrogens with zero attached hydrogens (tertiary/aromatic N) is 3. The van der Waals surface area contributed by atoms with E-state index in [2.05, 4.69) is 15.4 Å². The lowest BCUT2D eigenvalue weighted by Gasteiger charge is -2.17. The number of hydrogen-bond donors (Lipinski definition) is 1. The van der Waals surface area contributed by atoms with E-state index in [1.165, 1.54) is 0 Å². The first-order valence-corrected chi connectivity index (χ1v) is 8.57. The van der Waals surface area contributed by atoms with E-state index in [4.69, 9.17) is 9.15 Å². The summed E-state index contributed by atoms with van der Waals surface area (Å²) in [5, 5.41) is 7.43. The predicted octanol–water partition coefficient (Wildman–Crippen LogP) is 2.56. The fraction of sp³-hybridized carbons (Fsp3) is 0.368. The number of anilines is 1. The molecule has 0 saturated carbocycles. The molecule has 1 aromatic carbocycles. The number of ether oxygens (including phenoxy) is 1. The Kier molecular flexibility index (Phi) is 4.73. The Morgan fingerprint density at radius 1 is 1.22 bits per heavy atom. The number of aryl methyl sites for hydroxylation is 4. The van der Waals surface area contributed by atoms with E-state index in [0.29, 0.717) is 28.1 Å². The van der Waals surface area contributed by atoms with Crippen LogP contribution in [0.2, 0.25) is 0 Å². The zero-order valence-electron chi connectivity index (χ0n) is 16.2. The van der Waals surface area contributed by atoms with Gasteiger partial charge >= 0.3 is 5.63 Å². The van der Waals surface area contributed by atoms with Crippen LogP contribution in [0.25, 0.3) is 11.0 Å². The summed E-state index contributed by atoms with van der Waals surface area (Å²) in [6.07, 6.45) is -0.800. The molecular weight excluding hydrogens is 348 g/mol. The lowest BCUT2D eigenvalue weighted by atomic mass is 10.0. The molecule has 0 aliphatic rings. The second-order valence-corrected chi connectivity index (χ2v) is 6.63. The summed E-state index contributed by atoms with van der Waals surface area (Å²) in [6, 6.07) is 3.60. The minimum atomic E-state index is -0.800. The number of carbonyl (C=O) groups excluding carboxylic acids is 1. The number of benzene rings is 1. The largest absolute Gasteiger partial charge is 0.480 e. The minimum absolute atomic E-state index is 0.225. The summed E-state index contributed by atoms with van der Waals surface area (Å²) < 4.78 is 12.9. The molecule has 2 heterocycles. The predicted molar refractivity (Wildman–Crippen MR) is 101 cm³/mol. The second kappa shape index (κ2) is 6.86. The molecule has 1 N–H and O–H groups in total. The highest BCUT2D eigenvalue weighted by Crippen LogP contribution is 2.31. The first-order chi connectivity index (χ1) is 12.7. The van der Waals surface area contributed by atoms with Gasteiger partial charge < -0.3 is 9.15 Å². The summed E-state index contributed by atoms with van der Waals surface area (Å²) in [4.78, 5) is 28.6. The molecule has 1 amide bonds. The number of nitrogens with one attached hydrogen (secondary N) is 1. The van der Waals surface area contributed by atoms with E-state index >= 15 is 0 Å². The average Bonchev–Trinajstić information content (AvgIpc) is 2.89. The summed E-state index contributed by atoms with van der Waals surface area (Å²) >= 11 is 0. The molecule has 0 saturated heterocycles. The van der Waals surface area contributed by atoms with E-state index < -0.39 is 6.10 Å². The maximum absolute atomic E-state index is 12.5. The molecule has 3 rings (SSSR count). The van der Waals surface area contributed by atoms with Crippen LogP contribution in [-0.4, -0.2) is 26.8 Å². The van der Waals surface area contributed by atoms with Crippen LogP contribution in [0.4, 0.5) is 5.95 Å². The van der Waals surface area contributed by atoms with Crippen LogP contribution < -0.4 is 15.7 Å². The summed E-state index contributed by atoms with van der Waals surface area (Å²) in [5.41, 5.74) is 2.21. The number of fused-ring (bicyclic) bond motifs is 1. The Morgan fingerprint density at radius 3 is 2.56 bits per heavy atom. The van der Waals surface area contributed by atoms with Crippen LogP contribution in [-0.2, 0) is 11.8 Å². The van der Waals surface area contributed by atoms with Gasteiger partial charge in [-0.3, -0.25) is 14.8 Å². The number of hydrogen-bond acceptors (Lipinski definition) is 6. The summed E-state index contributed by atoms with van der Waals surface area (Å²) in [6.45, 7) is 8.84. The van der Waals surface area contributed by atoms with Gasteiger partial charge in [-0.05, 0) is 57.9 Å². The van der Waals surface area contributed by atoms with Crippen molar-refractivity contribution in [1.82, 2.24) is 14.8 Å². The highest BCUT2D eigenvalue weighted by molar-refractivity contribution is 5.93. The third-order valence-electron chi connectivity index (χ3n) is 4.55. The van der Waals surface area contributed by atoms with Gasteiger partial charge in [0.1, 0.15) is 17.2 Å². The maximum Gasteiger partial charge on any atom is 0.339 e. The van der Waals surface area contributed by atoms with Gasteiger partial charge in [0.15, 0.2) is 6.10 Å². The quantitative estimate of drug-likeness (QED) is 0.709. The average molecular weight is 370 g/mol. The van der Waals surface area contributed by atoms with Gasteiger partial charge in [0, 0.05) is 12.6 Å². The van der Waals surface area contributed by atoms with Crippen molar-refractivity contribution in [3.8, 4) is 5.75 Å². The van der Waals surface area contributed by atoms with Crippen LogP contribution in [0.1, 0.15) is 29.4 Å². The van der Waals surface area contributed by atoms with Gasteiger partial charge in [-0.2, -0.15) is 4.98 Å². The van der Waals surface area contributed by atoms with E-state index in [9.17, 15) is 9.59 Å². The highest BCUT2D eigenvalue weighted by atomic mass is 16.5. The van der Waals surface area contributed by atoms with Crippen molar-refractivity contribution >= 4 is 22.8 Å². The van der Waals surface area contributed by atoms with Crippen LogP contribution >= 0.6 is 0 Å². The molecule has 1 atom stereocenters. The van der Waals surface area contributed by atoms with Crippen LogP contribution in [0, 0.1) is 27.7 Å². The van der Waals surface area contributed by atoms with Crippen molar-refractivity contribution in [2.24, 2.45) is 7.05 Å². The van der Waals surface area contributed by atoms with Crippen molar-refractivity contribution in [3.05, 3.63) is 45.1 Å². The van der Waals surface area contributed by atoms with Crippen LogP contribution in [0.3, 0.4) is 0 Å². The van der Waals surface area contributed by atoms with Crippen LogP contribution in [0.5, 0.6) is 5.75 Å². The molecule has 8 nitrogen and oxygen atoms in total. The van der Waals surface area contributed by atoms with Crippen molar-refractivity contribution in [1.29, 1.82) is 0 Å². The molecule has 0 spiro atoms. The minimum Gasteiger partial charge on any atom is -0.480 e. The third-order valence-corrected chi connectivity index (χ3v) is 4.55. The zero-order chi connectivity index (χ0) is 19.9. The van der Waals surface area contributed by atoms with Gasteiger partial charge in [-0.25, -0.2) is 4.79 Å². The standard InChI is InChI=1S/C19H22N4O4/c1-9-7-14(16-10(2)11(3)18(25)27-15(16)8-9)26-12(4)17(24)21-19-20-13(5)23(6)22-19/h7-8,12H,1-6H3,(H,21,22,24). The smallest absolute Gasteiger partial charge is 0.339 e. The number of carbonyl (C=O) groups is 1. The Balaban J connectivity index is 1.92. The van der Waals surface area contributed by atoms with Gasteiger partial charge in [0.2, 0.25) is 5.95 Å². The van der Waals surface area contributed by atoms with Gasteiger partial charge in [0.25, 0.3) is 5.91 Å². The SMILES string of the molecule is Cc1cc(OC(C)C(=O)Nc2nc(C)n(C)n2)c2c(C)c(C)c(=O)oc2c1. The third kappa shape index (κ3) is 3.55. The Labute approximate surface area is 156 Å². The van der Waals surface area contributed by atoms with Crippen molar-refractivity contribution < 1.29 is 13.9 Å². The Hall–Kier alpha value is -3.16.